The number of benzene rings is 1. The average molecular weight is 482 g/mol. The van der Waals surface area contributed by atoms with E-state index in [1.807, 2.05) is 23.6 Å². The Bertz CT molecular complexity index is 1060. The molecule has 2 fully saturated rings. The van der Waals surface area contributed by atoms with E-state index < -0.39 is 0 Å². The van der Waals surface area contributed by atoms with E-state index in [2.05, 4.69) is 43.5 Å². The fourth-order valence-electron chi connectivity index (χ4n) is 4.58. The zero-order chi connectivity index (χ0) is 23.2. The molecule has 0 bridgehead atoms. The molecule has 8 nitrogen and oxygen atoms in total. The van der Waals surface area contributed by atoms with E-state index in [-0.39, 0.29) is 11.8 Å². The Morgan fingerprint density at radius 3 is 2.53 bits per heavy atom. The summed E-state index contributed by atoms with van der Waals surface area (Å²) >= 11 is 1.60. The van der Waals surface area contributed by atoms with Crippen LogP contribution in [0.4, 0.5) is 0 Å². The highest BCUT2D eigenvalue weighted by molar-refractivity contribution is 7.13. The summed E-state index contributed by atoms with van der Waals surface area (Å²) < 4.78 is 10.9. The summed E-state index contributed by atoms with van der Waals surface area (Å²) in [7, 11) is 0. The summed E-state index contributed by atoms with van der Waals surface area (Å²) in [4.78, 5) is 23.1. The van der Waals surface area contributed by atoms with Crippen LogP contribution in [0.3, 0.4) is 0 Å². The maximum absolute atomic E-state index is 12.9. The molecule has 0 aliphatic carbocycles. The molecule has 2 aliphatic heterocycles. The van der Waals surface area contributed by atoms with Gasteiger partial charge in [0, 0.05) is 32.1 Å². The molecule has 0 spiro atoms. The molecule has 180 valence electrons. The van der Waals surface area contributed by atoms with Gasteiger partial charge in [-0.3, -0.25) is 14.6 Å². The van der Waals surface area contributed by atoms with Crippen LogP contribution in [0, 0.1) is 5.92 Å². The molecule has 34 heavy (non-hydrogen) atoms. The second-order valence-corrected chi connectivity index (χ2v) is 9.86. The van der Waals surface area contributed by atoms with Crippen LogP contribution < -0.4 is 5.32 Å². The minimum absolute atomic E-state index is 0.0482. The predicted octanol–water partition coefficient (Wildman–Crippen LogP) is 3.16. The van der Waals surface area contributed by atoms with Gasteiger partial charge in [-0.15, -0.1) is 11.3 Å². The first kappa shape index (κ1) is 23.2. The van der Waals surface area contributed by atoms with Gasteiger partial charge in [-0.2, -0.15) is 4.98 Å². The van der Waals surface area contributed by atoms with E-state index in [1.165, 1.54) is 11.1 Å². The van der Waals surface area contributed by atoms with Crippen LogP contribution in [0.1, 0.15) is 29.9 Å². The quantitative estimate of drug-likeness (QED) is 0.529. The van der Waals surface area contributed by atoms with Crippen molar-refractivity contribution in [2.75, 3.05) is 39.4 Å². The summed E-state index contributed by atoms with van der Waals surface area (Å²) in [5.74, 6) is 1.47. The average Bonchev–Trinajstić information content (AvgIpc) is 3.57. The van der Waals surface area contributed by atoms with Gasteiger partial charge in [0.2, 0.25) is 17.6 Å². The number of thiophene rings is 1. The molecule has 4 heterocycles. The summed E-state index contributed by atoms with van der Waals surface area (Å²) in [6.07, 6.45) is 1.68. The Balaban J connectivity index is 1.08. The lowest BCUT2D eigenvalue weighted by molar-refractivity contribution is -0.126. The molecule has 3 aromatic rings. The molecule has 1 amide bonds. The van der Waals surface area contributed by atoms with Crippen molar-refractivity contribution in [2.24, 2.45) is 5.92 Å². The summed E-state index contributed by atoms with van der Waals surface area (Å²) in [5, 5.41) is 9.28. The highest BCUT2D eigenvalue weighted by atomic mass is 32.1. The summed E-state index contributed by atoms with van der Waals surface area (Å²) in [5.41, 5.74) is 2.47. The van der Waals surface area contributed by atoms with Crippen LogP contribution in [0.2, 0.25) is 0 Å². The third kappa shape index (κ3) is 5.90. The predicted molar refractivity (Wildman–Crippen MR) is 130 cm³/mol. The standard InChI is InChI=1S/C25H31N5O3S/c31-25(26-16-20-4-1-2-5-21(20)17-30-11-13-32-14-12-30)19-7-9-29(10-8-19)18-23-27-24(28-33-23)22-6-3-15-34-22/h1-6,15,19H,7-14,16-18H2,(H,26,31). The third-order valence-electron chi connectivity index (χ3n) is 6.60. The van der Waals surface area contributed by atoms with Gasteiger partial charge in [0.1, 0.15) is 0 Å². The molecule has 5 rings (SSSR count). The topological polar surface area (TPSA) is 83.7 Å². The molecule has 0 radical (unpaired) electrons. The van der Waals surface area contributed by atoms with Gasteiger partial charge in [0.15, 0.2) is 0 Å². The molecular formula is C25H31N5O3S. The normalized spacial score (nSPS) is 18.2. The first-order valence-corrected chi connectivity index (χ1v) is 12.9. The number of carbonyl (C=O) groups excluding carboxylic acids is 1. The highest BCUT2D eigenvalue weighted by Crippen LogP contribution is 2.23. The lowest BCUT2D eigenvalue weighted by Crippen LogP contribution is -2.40. The number of ether oxygens (including phenoxy) is 1. The Labute approximate surface area is 203 Å². The Kier molecular flexibility index (Phi) is 7.65. The Morgan fingerprint density at radius 1 is 1.00 bits per heavy atom. The van der Waals surface area contributed by atoms with Gasteiger partial charge < -0.3 is 14.6 Å². The van der Waals surface area contributed by atoms with Crippen molar-refractivity contribution in [1.82, 2.24) is 25.3 Å². The highest BCUT2D eigenvalue weighted by Gasteiger charge is 2.26. The van der Waals surface area contributed by atoms with Crippen molar-refractivity contribution in [3.63, 3.8) is 0 Å². The lowest BCUT2D eigenvalue weighted by Gasteiger charge is -2.30. The van der Waals surface area contributed by atoms with E-state index in [0.29, 0.717) is 24.8 Å². The van der Waals surface area contributed by atoms with E-state index in [9.17, 15) is 4.79 Å². The summed E-state index contributed by atoms with van der Waals surface area (Å²) in [6.45, 7) is 7.30. The number of carbonyl (C=O) groups is 1. The SMILES string of the molecule is O=C(NCc1ccccc1CN1CCOCC1)C1CCN(Cc2nc(-c3cccs3)no2)CC1. The largest absolute Gasteiger partial charge is 0.379 e. The zero-order valence-electron chi connectivity index (χ0n) is 19.3. The van der Waals surface area contributed by atoms with Crippen molar-refractivity contribution in [2.45, 2.75) is 32.5 Å². The number of hydrogen-bond acceptors (Lipinski definition) is 8. The van der Waals surface area contributed by atoms with Crippen molar-refractivity contribution >= 4 is 17.2 Å². The zero-order valence-corrected chi connectivity index (χ0v) is 20.1. The second-order valence-electron chi connectivity index (χ2n) is 8.91. The fourth-order valence-corrected chi connectivity index (χ4v) is 5.23. The fraction of sp³-hybridized carbons (Fsp3) is 0.480. The number of rotatable bonds is 8. The monoisotopic (exact) mass is 481 g/mol. The van der Waals surface area contributed by atoms with Gasteiger partial charge in [0.25, 0.3) is 0 Å². The minimum Gasteiger partial charge on any atom is -0.379 e. The minimum atomic E-state index is 0.0482. The van der Waals surface area contributed by atoms with Crippen molar-refractivity contribution in [3.05, 3.63) is 58.8 Å². The van der Waals surface area contributed by atoms with E-state index in [4.69, 9.17) is 9.26 Å². The third-order valence-corrected chi connectivity index (χ3v) is 7.46. The maximum atomic E-state index is 12.9. The van der Waals surface area contributed by atoms with Gasteiger partial charge in [-0.25, -0.2) is 0 Å². The number of likely N-dealkylation sites (tertiary alicyclic amines) is 1. The van der Waals surface area contributed by atoms with E-state index in [0.717, 1.165) is 63.7 Å². The number of nitrogens with zero attached hydrogens (tertiary/aromatic N) is 4. The molecule has 2 aromatic heterocycles. The lowest BCUT2D eigenvalue weighted by atomic mass is 9.95. The molecule has 0 atom stereocenters. The van der Waals surface area contributed by atoms with E-state index >= 15 is 0 Å². The molecule has 1 N–H and O–H groups in total. The molecule has 9 heteroatoms. The molecule has 2 saturated heterocycles. The second kappa shape index (κ2) is 11.2. The number of morpholine rings is 1. The van der Waals surface area contributed by atoms with Gasteiger partial charge in [-0.05, 0) is 48.5 Å². The van der Waals surface area contributed by atoms with Crippen LogP contribution in [0.15, 0.2) is 46.3 Å². The molecular weight excluding hydrogens is 450 g/mol. The van der Waals surface area contributed by atoms with E-state index in [1.54, 1.807) is 11.3 Å². The van der Waals surface area contributed by atoms with Crippen molar-refractivity contribution in [1.29, 1.82) is 0 Å². The summed E-state index contributed by atoms with van der Waals surface area (Å²) in [6, 6.07) is 12.4. The number of amides is 1. The number of nitrogens with one attached hydrogen (secondary N) is 1. The molecule has 0 saturated carbocycles. The molecule has 0 unspecified atom stereocenters. The van der Waals surface area contributed by atoms with Gasteiger partial charge in [0.05, 0.1) is 24.6 Å². The molecule has 1 aromatic carbocycles. The molecule has 2 aliphatic rings. The van der Waals surface area contributed by atoms with Crippen LogP contribution >= 0.6 is 11.3 Å². The first-order valence-electron chi connectivity index (χ1n) is 12.0. The first-order chi connectivity index (χ1) is 16.7. The Morgan fingerprint density at radius 2 is 1.76 bits per heavy atom. The van der Waals surface area contributed by atoms with Crippen LogP contribution in [-0.4, -0.2) is 65.2 Å². The van der Waals surface area contributed by atoms with Crippen LogP contribution in [0.25, 0.3) is 10.7 Å². The Hall–Kier alpha value is -2.59. The van der Waals surface area contributed by atoms with Crippen LogP contribution in [0.5, 0.6) is 0 Å². The van der Waals surface area contributed by atoms with Crippen molar-refractivity contribution in [3.8, 4) is 10.7 Å². The van der Waals surface area contributed by atoms with Gasteiger partial charge in [-0.1, -0.05) is 35.5 Å². The number of aromatic nitrogens is 2. The smallest absolute Gasteiger partial charge is 0.241 e. The van der Waals surface area contributed by atoms with Crippen LogP contribution in [-0.2, 0) is 29.2 Å². The van der Waals surface area contributed by atoms with Gasteiger partial charge >= 0.3 is 0 Å². The van der Waals surface area contributed by atoms with Crippen molar-refractivity contribution < 1.29 is 14.1 Å². The number of hydrogen-bond donors (Lipinski definition) is 1. The number of piperidine rings is 1. The maximum Gasteiger partial charge on any atom is 0.241 e.